The molecule has 1 N–H and O–H groups in total. The van der Waals surface area contributed by atoms with Gasteiger partial charge < -0.3 is 14.7 Å². The maximum atomic E-state index is 11.4. The predicted molar refractivity (Wildman–Crippen MR) is 82.1 cm³/mol. The third-order valence-electron chi connectivity index (χ3n) is 2.52. The molecule has 0 saturated carbocycles. The Bertz CT molecular complexity index is 593. The van der Waals surface area contributed by atoms with Gasteiger partial charge in [0, 0.05) is 42.2 Å². The van der Waals surface area contributed by atoms with Gasteiger partial charge in [0.05, 0.1) is 6.42 Å². The molecule has 0 aliphatic carbocycles. The second-order valence-corrected chi connectivity index (χ2v) is 4.43. The predicted octanol–water partition coefficient (Wildman–Crippen LogP) is 2.35. The van der Waals surface area contributed by atoms with Crippen LogP contribution in [0.15, 0.2) is 15.4 Å². The SMILES string of the molecule is [N-]=[N+]=NCCCC(=O)OC(=O)CC/C(=N/O)OC(=O)CCCN=[N+]=[N-]. The van der Waals surface area contributed by atoms with Crippen molar-refractivity contribution in [3.8, 4) is 0 Å². The van der Waals surface area contributed by atoms with Crippen molar-refractivity contribution >= 4 is 23.8 Å². The van der Waals surface area contributed by atoms with Gasteiger partial charge in [-0.2, -0.15) is 0 Å². The zero-order valence-corrected chi connectivity index (χ0v) is 13.3. The van der Waals surface area contributed by atoms with Gasteiger partial charge in [-0.25, -0.2) is 0 Å². The summed E-state index contributed by atoms with van der Waals surface area (Å²) in [7, 11) is 0. The first-order valence-electron chi connectivity index (χ1n) is 7.20. The molecule has 0 atom stereocenters. The minimum Gasteiger partial charge on any atom is -0.408 e. The van der Waals surface area contributed by atoms with Crippen molar-refractivity contribution in [1.82, 2.24) is 0 Å². The molecule has 0 rings (SSSR count). The van der Waals surface area contributed by atoms with Crippen LogP contribution in [0.1, 0.15) is 38.5 Å². The molecule has 0 aromatic rings. The lowest BCUT2D eigenvalue weighted by molar-refractivity contribution is -0.159. The lowest BCUT2D eigenvalue weighted by atomic mass is 10.3. The fraction of sp³-hybridized carbons (Fsp3) is 0.667. The Morgan fingerprint density at radius 1 is 0.800 bits per heavy atom. The van der Waals surface area contributed by atoms with Gasteiger partial charge in [0.25, 0.3) is 0 Å². The highest BCUT2D eigenvalue weighted by atomic mass is 16.6. The van der Waals surface area contributed by atoms with Crippen molar-refractivity contribution in [2.75, 3.05) is 13.1 Å². The molecule has 0 unspecified atom stereocenters. The van der Waals surface area contributed by atoms with Crippen molar-refractivity contribution in [2.45, 2.75) is 38.5 Å². The smallest absolute Gasteiger partial charge is 0.313 e. The Morgan fingerprint density at radius 2 is 1.28 bits per heavy atom. The van der Waals surface area contributed by atoms with E-state index in [0.29, 0.717) is 0 Å². The molecular weight excluding hydrogens is 338 g/mol. The summed E-state index contributed by atoms with van der Waals surface area (Å²) in [5.74, 6) is -2.78. The third kappa shape index (κ3) is 12.9. The van der Waals surface area contributed by atoms with Gasteiger partial charge in [0.2, 0.25) is 5.90 Å². The van der Waals surface area contributed by atoms with E-state index in [0.717, 1.165) is 0 Å². The van der Waals surface area contributed by atoms with Gasteiger partial charge in [-0.1, -0.05) is 15.4 Å². The Kier molecular flexibility index (Phi) is 12.4. The summed E-state index contributed by atoms with van der Waals surface area (Å²) < 4.78 is 9.20. The second-order valence-electron chi connectivity index (χ2n) is 4.43. The van der Waals surface area contributed by atoms with Crippen LogP contribution in [-0.2, 0) is 23.9 Å². The topological polar surface area (TPSA) is 200 Å². The number of carbonyl (C=O) groups excluding carboxylic acids is 3. The van der Waals surface area contributed by atoms with E-state index < -0.39 is 23.8 Å². The van der Waals surface area contributed by atoms with Gasteiger partial charge in [-0.3, -0.25) is 14.4 Å². The van der Waals surface area contributed by atoms with E-state index in [1.54, 1.807) is 0 Å². The summed E-state index contributed by atoms with van der Waals surface area (Å²) in [5, 5.41) is 17.9. The summed E-state index contributed by atoms with van der Waals surface area (Å²) in [6, 6.07) is 0. The van der Waals surface area contributed by atoms with E-state index >= 15 is 0 Å². The van der Waals surface area contributed by atoms with Gasteiger partial charge >= 0.3 is 17.9 Å². The van der Waals surface area contributed by atoms with Crippen molar-refractivity contribution in [3.05, 3.63) is 20.9 Å². The maximum absolute atomic E-state index is 11.4. The van der Waals surface area contributed by atoms with E-state index in [1.807, 2.05) is 0 Å². The van der Waals surface area contributed by atoms with E-state index in [9.17, 15) is 14.4 Å². The molecule has 0 saturated heterocycles. The molecule has 13 nitrogen and oxygen atoms in total. The second kappa shape index (κ2) is 14.3. The largest absolute Gasteiger partial charge is 0.408 e. The Morgan fingerprint density at radius 3 is 1.76 bits per heavy atom. The summed E-state index contributed by atoms with van der Waals surface area (Å²) >= 11 is 0. The standard InChI is InChI=1S/C12H17N7O6/c13-18-15-7-1-3-10(20)24-9(17-23)5-6-12(22)25-11(21)4-2-8-16-19-14/h23H,1-8H2/b17-9-. The highest BCUT2D eigenvalue weighted by Crippen LogP contribution is 2.03. The van der Waals surface area contributed by atoms with Crippen LogP contribution in [0.25, 0.3) is 20.9 Å². The first-order chi connectivity index (χ1) is 12.0. The molecule has 0 fully saturated rings. The number of hydrogen-bond acceptors (Lipinski definition) is 9. The molecule has 0 aliphatic heterocycles. The quantitative estimate of drug-likeness (QED) is 0.0562. The molecule has 0 aromatic heterocycles. The monoisotopic (exact) mass is 355 g/mol. The molecule has 13 heteroatoms. The van der Waals surface area contributed by atoms with Gasteiger partial charge in [-0.15, -0.1) is 0 Å². The summed E-state index contributed by atoms with van der Waals surface area (Å²) in [5.41, 5.74) is 16.1. The van der Waals surface area contributed by atoms with Crippen molar-refractivity contribution in [1.29, 1.82) is 0 Å². The maximum Gasteiger partial charge on any atom is 0.313 e. The fourth-order valence-corrected chi connectivity index (χ4v) is 1.42. The van der Waals surface area contributed by atoms with Gasteiger partial charge in [0.1, 0.15) is 0 Å². The van der Waals surface area contributed by atoms with Crippen LogP contribution < -0.4 is 0 Å². The highest BCUT2D eigenvalue weighted by Gasteiger charge is 2.15. The molecule has 0 amide bonds. The van der Waals surface area contributed by atoms with Crippen molar-refractivity contribution in [3.63, 3.8) is 0 Å². The number of nitrogens with zero attached hydrogens (tertiary/aromatic N) is 7. The average Bonchev–Trinajstić information content (AvgIpc) is 2.59. The molecule has 0 bridgehead atoms. The average molecular weight is 355 g/mol. The molecule has 0 spiro atoms. The molecule has 0 radical (unpaired) electrons. The lowest BCUT2D eigenvalue weighted by Gasteiger charge is -2.05. The Balaban J connectivity index is 4.06. The van der Waals surface area contributed by atoms with Crippen LogP contribution in [0.3, 0.4) is 0 Å². The minimum atomic E-state index is -0.880. The third-order valence-corrected chi connectivity index (χ3v) is 2.52. The number of rotatable bonds is 11. The first-order valence-corrected chi connectivity index (χ1v) is 7.20. The van der Waals surface area contributed by atoms with Crippen LogP contribution in [0.5, 0.6) is 0 Å². The number of azide groups is 2. The van der Waals surface area contributed by atoms with Crippen LogP contribution in [0.4, 0.5) is 0 Å². The summed E-state index contributed by atoms with van der Waals surface area (Å²) in [6.07, 6.45) is -0.240. The fourth-order valence-electron chi connectivity index (χ4n) is 1.42. The van der Waals surface area contributed by atoms with Crippen molar-refractivity contribution in [2.24, 2.45) is 15.4 Å². The number of oxime groups is 1. The van der Waals surface area contributed by atoms with E-state index in [-0.39, 0.29) is 51.6 Å². The van der Waals surface area contributed by atoms with E-state index in [4.69, 9.17) is 21.0 Å². The number of carbonyl (C=O) groups is 3. The number of ether oxygens (including phenoxy) is 2. The number of esters is 3. The first kappa shape index (κ1) is 21.7. The van der Waals surface area contributed by atoms with Gasteiger partial charge in [0.15, 0.2) is 0 Å². The summed E-state index contributed by atoms with van der Waals surface area (Å²) in [6.45, 7) is 0.224. The Hall–Kier alpha value is -3.30. The lowest BCUT2D eigenvalue weighted by Crippen LogP contribution is -2.17. The molecule has 25 heavy (non-hydrogen) atoms. The summed E-state index contributed by atoms with van der Waals surface area (Å²) in [4.78, 5) is 39.2. The van der Waals surface area contributed by atoms with E-state index in [2.05, 4.69) is 29.9 Å². The van der Waals surface area contributed by atoms with Gasteiger partial charge in [-0.05, 0) is 23.9 Å². The Labute approximate surface area is 141 Å². The van der Waals surface area contributed by atoms with Crippen LogP contribution in [-0.4, -0.2) is 42.1 Å². The van der Waals surface area contributed by atoms with Crippen LogP contribution in [0, 0.1) is 0 Å². The normalized spacial score (nSPS) is 10.2. The zero-order valence-electron chi connectivity index (χ0n) is 13.3. The van der Waals surface area contributed by atoms with Crippen LogP contribution in [0.2, 0.25) is 0 Å². The molecular formula is C12H17N7O6. The van der Waals surface area contributed by atoms with Crippen molar-refractivity contribution < 1.29 is 29.1 Å². The molecule has 0 aromatic carbocycles. The molecule has 0 heterocycles. The van der Waals surface area contributed by atoms with E-state index in [1.165, 1.54) is 0 Å². The zero-order chi connectivity index (χ0) is 18.9. The molecule has 0 aliphatic rings. The van der Waals surface area contributed by atoms with Crippen LogP contribution >= 0.6 is 0 Å². The molecule has 136 valence electrons. The number of hydrogen-bond donors (Lipinski definition) is 1. The minimum absolute atomic E-state index is 0.0633. The highest BCUT2D eigenvalue weighted by molar-refractivity contribution is 5.91.